The van der Waals surface area contributed by atoms with Crippen LogP contribution in [0.2, 0.25) is 0 Å². The number of carbonyl (C=O) groups excluding carboxylic acids is 1. The van der Waals surface area contributed by atoms with Crippen molar-refractivity contribution in [3.63, 3.8) is 0 Å². The molecule has 1 aliphatic rings. The third-order valence-electron chi connectivity index (χ3n) is 4.43. The molecule has 0 radical (unpaired) electrons. The molecule has 0 spiro atoms. The molecule has 1 saturated heterocycles. The van der Waals surface area contributed by atoms with Crippen LogP contribution < -0.4 is 10.6 Å². The minimum absolute atomic E-state index is 0.00738. The van der Waals surface area contributed by atoms with Crippen molar-refractivity contribution in [2.45, 2.75) is 39.7 Å². The number of aromatic nitrogens is 1. The first-order valence-corrected chi connectivity index (χ1v) is 7.43. The highest BCUT2D eigenvalue weighted by molar-refractivity contribution is 5.82. The van der Waals surface area contributed by atoms with E-state index in [1.54, 1.807) is 12.4 Å². The lowest BCUT2D eigenvalue weighted by Gasteiger charge is -2.36. The van der Waals surface area contributed by atoms with Crippen molar-refractivity contribution >= 4 is 5.91 Å². The lowest BCUT2D eigenvalue weighted by Crippen LogP contribution is -2.47. The van der Waals surface area contributed by atoms with E-state index < -0.39 is 0 Å². The Morgan fingerprint density at radius 2 is 2.35 bits per heavy atom. The van der Waals surface area contributed by atoms with E-state index in [9.17, 15) is 4.79 Å². The van der Waals surface area contributed by atoms with Crippen molar-refractivity contribution in [3.05, 3.63) is 30.1 Å². The Hall–Kier alpha value is -1.42. The summed E-state index contributed by atoms with van der Waals surface area (Å²) < 4.78 is 0. The molecule has 20 heavy (non-hydrogen) atoms. The van der Waals surface area contributed by atoms with Gasteiger partial charge >= 0.3 is 0 Å². The van der Waals surface area contributed by atoms with Gasteiger partial charge in [0, 0.05) is 17.8 Å². The highest BCUT2D eigenvalue weighted by Gasteiger charge is 2.37. The van der Waals surface area contributed by atoms with E-state index in [0.717, 1.165) is 31.5 Å². The summed E-state index contributed by atoms with van der Waals surface area (Å²) in [6.07, 6.45) is 5.82. The number of rotatable bonds is 4. The van der Waals surface area contributed by atoms with Crippen LogP contribution >= 0.6 is 0 Å². The fourth-order valence-electron chi connectivity index (χ4n) is 2.75. The van der Waals surface area contributed by atoms with Gasteiger partial charge in [-0.15, -0.1) is 0 Å². The van der Waals surface area contributed by atoms with E-state index in [2.05, 4.69) is 29.5 Å². The molecule has 4 nitrogen and oxygen atoms in total. The first-order valence-electron chi connectivity index (χ1n) is 7.43. The predicted molar refractivity (Wildman–Crippen MR) is 80.2 cm³/mol. The summed E-state index contributed by atoms with van der Waals surface area (Å²) in [5.41, 5.74) is 0.697. The van der Waals surface area contributed by atoms with Gasteiger partial charge in [0.15, 0.2) is 0 Å². The molecule has 1 amide bonds. The van der Waals surface area contributed by atoms with E-state index in [-0.39, 0.29) is 17.4 Å². The number of pyridine rings is 1. The van der Waals surface area contributed by atoms with Gasteiger partial charge in [0.25, 0.3) is 0 Å². The standard InChI is InChI=1S/C16H25N3O/c1-12(13-6-4-8-17-10-13)19-15(20)16(2,3)14-7-5-9-18-11-14/h4,6,8,10,12,14,18H,5,7,9,11H2,1-3H3,(H,19,20)/t12-,14?/m1/s1. The lowest BCUT2D eigenvalue weighted by atomic mass is 9.74. The third kappa shape index (κ3) is 3.37. The summed E-state index contributed by atoms with van der Waals surface area (Å²) in [5.74, 6) is 0.528. The number of nitrogens with zero attached hydrogens (tertiary/aromatic N) is 1. The molecule has 0 bridgehead atoms. The summed E-state index contributed by atoms with van der Waals surface area (Å²) in [4.78, 5) is 16.7. The highest BCUT2D eigenvalue weighted by atomic mass is 16.2. The molecule has 0 aromatic carbocycles. The fourth-order valence-corrected chi connectivity index (χ4v) is 2.75. The second-order valence-electron chi connectivity index (χ2n) is 6.25. The van der Waals surface area contributed by atoms with Crippen molar-refractivity contribution in [2.24, 2.45) is 11.3 Å². The molecule has 2 N–H and O–H groups in total. The third-order valence-corrected chi connectivity index (χ3v) is 4.43. The lowest BCUT2D eigenvalue weighted by molar-refractivity contribution is -0.133. The molecule has 1 aromatic heterocycles. The van der Waals surface area contributed by atoms with Crippen LogP contribution in [0.15, 0.2) is 24.5 Å². The number of nitrogens with one attached hydrogen (secondary N) is 2. The average Bonchev–Trinajstić information content (AvgIpc) is 2.49. The van der Waals surface area contributed by atoms with E-state index in [4.69, 9.17) is 0 Å². The molecule has 1 aliphatic heterocycles. The smallest absolute Gasteiger partial charge is 0.226 e. The van der Waals surface area contributed by atoms with Crippen LogP contribution in [0.4, 0.5) is 0 Å². The maximum atomic E-state index is 12.6. The van der Waals surface area contributed by atoms with Crippen LogP contribution in [0.3, 0.4) is 0 Å². The van der Waals surface area contributed by atoms with Crippen molar-refractivity contribution in [1.82, 2.24) is 15.6 Å². The predicted octanol–water partition coefficient (Wildman–Crippen LogP) is 2.28. The van der Waals surface area contributed by atoms with Crippen molar-refractivity contribution in [1.29, 1.82) is 0 Å². The van der Waals surface area contributed by atoms with Gasteiger partial charge in [0.2, 0.25) is 5.91 Å². The summed E-state index contributed by atoms with van der Waals surface area (Å²) in [7, 11) is 0. The van der Waals surface area contributed by atoms with Crippen LogP contribution in [0.25, 0.3) is 0 Å². The minimum atomic E-state index is -0.343. The van der Waals surface area contributed by atoms with Gasteiger partial charge in [0.05, 0.1) is 6.04 Å². The molecule has 1 aromatic rings. The maximum absolute atomic E-state index is 12.6. The molecule has 4 heteroatoms. The summed E-state index contributed by atoms with van der Waals surface area (Å²) in [5, 5.41) is 6.52. The zero-order valence-electron chi connectivity index (χ0n) is 12.6. The van der Waals surface area contributed by atoms with Crippen LogP contribution in [-0.2, 0) is 4.79 Å². The molecule has 2 heterocycles. The number of hydrogen-bond donors (Lipinski definition) is 2. The zero-order valence-corrected chi connectivity index (χ0v) is 12.6. The maximum Gasteiger partial charge on any atom is 0.226 e. The van der Waals surface area contributed by atoms with Crippen LogP contribution in [-0.4, -0.2) is 24.0 Å². The minimum Gasteiger partial charge on any atom is -0.349 e. The Morgan fingerprint density at radius 3 is 2.95 bits per heavy atom. The Kier molecular flexibility index (Phi) is 4.76. The highest BCUT2D eigenvalue weighted by Crippen LogP contribution is 2.32. The first-order chi connectivity index (χ1) is 9.51. The number of hydrogen-bond acceptors (Lipinski definition) is 3. The van der Waals surface area contributed by atoms with Gasteiger partial charge in [-0.25, -0.2) is 0 Å². The molecular formula is C16H25N3O. The van der Waals surface area contributed by atoms with Crippen molar-refractivity contribution in [3.8, 4) is 0 Å². The van der Waals surface area contributed by atoms with E-state index >= 15 is 0 Å². The normalized spacial score (nSPS) is 21.2. The molecule has 2 atom stereocenters. The van der Waals surface area contributed by atoms with Gasteiger partial charge in [-0.3, -0.25) is 9.78 Å². The summed E-state index contributed by atoms with van der Waals surface area (Å²) in [6, 6.07) is 3.88. The quantitative estimate of drug-likeness (QED) is 0.886. The van der Waals surface area contributed by atoms with Crippen molar-refractivity contribution in [2.75, 3.05) is 13.1 Å². The monoisotopic (exact) mass is 275 g/mol. The van der Waals surface area contributed by atoms with Gasteiger partial charge in [-0.2, -0.15) is 0 Å². The van der Waals surface area contributed by atoms with Gasteiger partial charge in [-0.05, 0) is 50.4 Å². The molecule has 1 fully saturated rings. The SMILES string of the molecule is C[C@@H](NC(=O)C(C)(C)C1CCCNC1)c1cccnc1. The fraction of sp³-hybridized carbons (Fsp3) is 0.625. The summed E-state index contributed by atoms with van der Waals surface area (Å²) in [6.45, 7) is 8.11. The van der Waals surface area contributed by atoms with Crippen LogP contribution in [0.1, 0.15) is 45.2 Å². The Morgan fingerprint density at radius 1 is 1.55 bits per heavy atom. The molecule has 1 unspecified atom stereocenters. The molecule has 110 valence electrons. The van der Waals surface area contributed by atoms with E-state index in [0.29, 0.717) is 5.92 Å². The second kappa shape index (κ2) is 6.35. The molecule has 2 rings (SSSR count). The number of amides is 1. The van der Waals surface area contributed by atoms with Gasteiger partial charge < -0.3 is 10.6 Å². The number of carbonyl (C=O) groups is 1. The number of piperidine rings is 1. The Bertz CT molecular complexity index is 438. The molecular weight excluding hydrogens is 250 g/mol. The van der Waals surface area contributed by atoms with Gasteiger partial charge in [0.1, 0.15) is 0 Å². The Balaban J connectivity index is 1.99. The summed E-state index contributed by atoms with van der Waals surface area (Å²) >= 11 is 0. The Labute approximate surface area is 121 Å². The average molecular weight is 275 g/mol. The largest absolute Gasteiger partial charge is 0.349 e. The van der Waals surface area contributed by atoms with E-state index in [1.165, 1.54) is 0 Å². The van der Waals surface area contributed by atoms with Crippen molar-refractivity contribution < 1.29 is 4.79 Å². The van der Waals surface area contributed by atoms with Gasteiger partial charge in [-0.1, -0.05) is 19.9 Å². The first kappa shape index (κ1) is 15.0. The van der Waals surface area contributed by atoms with E-state index in [1.807, 2.05) is 19.1 Å². The molecule has 0 saturated carbocycles. The zero-order chi connectivity index (χ0) is 14.6. The topological polar surface area (TPSA) is 54.0 Å². The second-order valence-corrected chi connectivity index (χ2v) is 6.25. The van der Waals surface area contributed by atoms with Crippen LogP contribution in [0.5, 0.6) is 0 Å². The van der Waals surface area contributed by atoms with Crippen LogP contribution in [0, 0.1) is 11.3 Å². The molecule has 0 aliphatic carbocycles.